The molecule has 188 valence electrons. The van der Waals surface area contributed by atoms with Gasteiger partial charge in [-0.15, -0.1) is 0 Å². The van der Waals surface area contributed by atoms with E-state index >= 15 is 0 Å². The van der Waals surface area contributed by atoms with Crippen LogP contribution >= 0.6 is 0 Å². The highest BCUT2D eigenvalue weighted by Crippen LogP contribution is 2.69. The van der Waals surface area contributed by atoms with E-state index in [1.807, 2.05) is 24.3 Å². The molecule has 1 amide bonds. The third-order valence-electron chi connectivity index (χ3n) is 9.25. The maximum absolute atomic E-state index is 13.9. The van der Waals surface area contributed by atoms with Crippen molar-refractivity contribution in [1.29, 1.82) is 0 Å². The Kier molecular flexibility index (Phi) is 5.30. The molecule has 4 atom stereocenters. The van der Waals surface area contributed by atoms with Crippen molar-refractivity contribution >= 4 is 17.4 Å². The summed E-state index contributed by atoms with van der Waals surface area (Å²) in [4.78, 5) is 29.0. The lowest BCUT2D eigenvalue weighted by atomic mass is 9.42. The Balaban J connectivity index is 1.50. The van der Waals surface area contributed by atoms with Crippen LogP contribution in [0.15, 0.2) is 79.4 Å². The van der Waals surface area contributed by atoms with Crippen LogP contribution in [0.25, 0.3) is 5.57 Å². The molecule has 2 fully saturated rings. The molecule has 5 heteroatoms. The molecule has 7 rings (SSSR count). The van der Waals surface area contributed by atoms with Gasteiger partial charge in [-0.2, -0.15) is 0 Å². The van der Waals surface area contributed by atoms with Crippen LogP contribution in [0.4, 0.5) is 0 Å². The normalized spacial score (nSPS) is 27.4. The molecule has 0 radical (unpaired) electrons. The zero-order valence-electron chi connectivity index (χ0n) is 21.2. The molecule has 0 aromatic heterocycles. The van der Waals surface area contributed by atoms with Gasteiger partial charge in [0, 0.05) is 41.5 Å². The number of rotatable bonds is 5. The highest BCUT2D eigenvalue weighted by molar-refractivity contribution is 6.19. The summed E-state index contributed by atoms with van der Waals surface area (Å²) in [5, 5.41) is 10.9. The van der Waals surface area contributed by atoms with Gasteiger partial charge >= 0.3 is 5.97 Å². The molecule has 0 spiro atoms. The summed E-state index contributed by atoms with van der Waals surface area (Å²) in [6.45, 7) is 6.75. The predicted octanol–water partition coefficient (Wildman–Crippen LogP) is 5.42. The molecule has 1 heterocycles. The topological polar surface area (TPSA) is 66.8 Å². The molecule has 2 bridgehead atoms. The van der Waals surface area contributed by atoms with Crippen molar-refractivity contribution in [1.82, 2.24) is 4.90 Å². The summed E-state index contributed by atoms with van der Waals surface area (Å²) >= 11 is 0. The highest BCUT2D eigenvalue weighted by Gasteiger charge is 2.70. The summed E-state index contributed by atoms with van der Waals surface area (Å²) in [6.07, 6.45) is 1.65. The second-order valence-corrected chi connectivity index (χ2v) is 10.8. The molecule has 3 aromatic carbocycles. The zero-order chi connectivity index (χ0) is 25.9. The Morgan fingerprint density at radius 3 is 2.57 bits per heavy atom. The van der Waals surface area contributed by atoms with Gasteiger partial charge in [-0.25, -0.2) is 0 Å². The first-order valence-electron chi connectivity index (χ1n) is 12.9. The van der Waals surface area contributed by atoms with Crippen molar-refractivity contribution < 1.29 is 19.4 Å². The van der Waals surface area contributed by atoms with Crippen LogP contribution in [0.3, 0.4) is 0 Å². The maximum atomic E-state index is 13.9. The number of ether oxygens (including phenoxy) is 1. The number of aryl methyl sites for hydroxylation is 1. The van der Waals surface area contributed by atoms with Crippen LogP contribution in [0.1, 0.15) is 46.6 Å². The van der Waals surface area contributed by atoms with Gasteiger partial charge in [0.1, 0.15) is 5.75 Å². The van der Waals surface area contributed by atoms with Gasteiger partial charge in [0.15, 0.2) is 0 Å². The minimum atomic E-state index is -1.06. The summed E-state index contributed by atoms with van der Waals surface area (Å²) in [7, 11) is 1.57. The first-order valence-corrected chi connectivity index (χ1v) is 12.9. The second-order valence-electron chi connectivity index (χ2n) is 10.8. The number of aliphatic carboxylic acids is 1. The van der Waals surface area contributed by atoms with Crippen molar-refractivity contribution in [2.45, 2.75) is 31.1 Å². The fourth-order valence-corrected chi connectivity index (χ4v) is 7.73. The highest BCUT2D eigenvalue weighted by atomic mass is 16.5. The van der Waals surface area contributed by atoms with Gasteiger partial charge in [-0.3, -0.25) is 9.59 Å². The van der Waals surface area contributed by atoms with Gasteiger partial charge in [0.25, 0.3) is 5.91 Å². The molecule has 4 aliphatic rings. The van der Waals surface area contributed by atoms with Crippen LogP contribution in [0, 0.1) is 18.3 Å². The van der Waals surface area contributed by atoms with Crippen LogP contribution in [-0.2, 0) is 15.0 Å². The molecule has 3 aliphatic carbocycles. The molecule has 3 aromatic rings. The smallest absolute Gasteiger partial charge is 0.312 e. The quantitative estimate of drug-likeness (QED) is 0.482. The number of hydrogen-bond donors (Lipinski definition) is 1. The van der Waals surface area contributed by atoms with E-state index in [4.69, 9.17) is 4.74 Å². The van der Waals surface area contributed by atoms with Gasteiger partial charge in [0.05, 0.1) is 12.5 Å². The number of carboxylic acid groups (broad SMARTS) is 1. The van der Waals surface area contributed by atoms with E-state index in [1.54, 1.807) is 18.1 Å². The SMILES string of the molecule is C=C(C(=O)N1CC2C3(c4cccc(C)c4)CCC(c4ccccc43)C2(C(=O)O)C1)c1ccccc1OC. The van der Waals surface area contributed by atoms with E-state index in [-0.39, 0.29) is 24.3 Å². The van der Waals surface area contributed by atoms with Crippen LogP contribution < -0.4 is 4.74 Å². The lowest BCUT2D eigenvalue weighted by Crippen LogP contribution is -2.60. The minimum absolute atomic E-state index is 0.143. The van der Waals surface area contributed by atoms with Crippen molar-refractivity contribution in [2.75, 3.05) is 20.2 Å². The molecule has 37 heavy (non-hydrogen) atoms. The largest absolute Gasteiger partial charge is 0.496 e. The number of nitrogens with zero attached hydrogens (tertiary/aromatic N) is 1. The number of amides is 1. The molecule has 4 unspecified atom stereocenters. The maximum Gasteiger partial charge on any atom is 0.312 e. The number of methoxy groups -OCH3 is 1. The summed E-state index contributed by atoms with van der Waals surface area (Å²) in [5.74, 6) is -0.860. The summed E-state index contributed by atoms with van der Waals surface area (Å²) < 4.78 is 5.48. The van der Waals surface area contributed by atoms with E-state index in [9.17, 15) is 14.7 Å². The molecule has 1 saturated carbocycles. The van der Waals surface area contributed by atoms with Crippen LogP contribution in [0.5, 0.6) is 5.75 Å². The molecule has 1 N–H and O–H groups in total. The fourth-order valence-electron chi connectivity index (χ4n) is 7.73. The third-order valence-corrected chi connectivity index (χ3v) is 9.25. The van der Waals surface area contributed by atoms with Gasteiger partial charge < -0.3 is 14.7 Å². The number of carbonyl (C=O) groups is 2. The lowest BCUT2D eigenvalue weighted by Gasteiger charge is -2.59. The van der Waals surface area contributed by atoms with Crippen LogP contribution in [0.2, 0.25) is 0 Å². The fraction of sp³-hybridized carbons (Fsp3) is 0.312. The zero-order valence-corrected chi connectivity index (χ0v) is 21.2. The van der Waals surface area contributed by atoms with Gasteiger partial charge in [-0.05, 0) is 42.5 Å². The van der Waals surface area contributed by atoms with E-state index < -0.39 is 16.8 Å². The Labute approximate surface area is 217 Å². The van der Waals surface area contributed by atoms with E-state index in [0.29, 0.717) is 23.4 Å². The Bertz CT molecular complexity index is 1440. The van der Waals surface area contributed by atoms with Gasteiger partial charge in [0.2, 0.25) is 0 Å². The number of hydrogen-bond acceptors (Lipinski definition) is 3. The summed E-state index contributed by atoms with van der Waals surface area (Å²) in [5.41, 5.74) is 4.05. The average Bonchev–Trinajstić information content (AvgIpc) is 3.36. The van der Waals surface area contributed by atoms with Gasteiger partial charge in [-0.1, -0.05) is 78.9 Å². The molecule has 1 aliphatic heterocycles. The standard InChI is InChI=1S/C32H31NO4/c1-20-9-8-10-22(17-20)31-16-15-26(24-12-4-6-13-25(24)31)32(30(35)36)19-33(18-28(31)32)29(34)21(2)23-11-5-7-14-27(23)37-3/h4-14,17,26,28H,2,15-16,18-19H2,1,3H3,(H,35,36). The summed E-state index contributed by atoms with van der Waals surface area (Å²) in [6, 6.07) is 24.1. The van der Waals surface area contributed by atoms with E-state index in [0.717, 1.165) is 29.5 Å². The number of para-hydroxylation sites is 1. The van der Waals surface area contributed by atoms with Crippen LogP contribution in [-0.4, -0.2) is 42.1 Å². The monoisotopic (exact) mass is 493 g/mol. The minimum Gasteiger partial charge on any atom is -0.496 e. The molecule has 1 saturated heterocycles. The number of carbonyl (C=O) groups excluding carboxylic acids is 1. The number of benzene rings is 3. The van der Waals surface area contributed by atoms with Crippen molar-refractivity contribution in [3.63, 3.8) is 0 Å². The molecular formula is C32H31NO4. The average molecular weight is 494 g/mol. The lowest BCUT2D eigenvalue weighted by molar-refractivity contribution is -0.157. The number of carboxylic acids is 1. The Morgan fingerprint density at radius 2 is 1.81 bits per heavy atom. The first kappa shape index (κ1) is 23.5. The Hall–Kier alpha value is -3.86. The van der Waals surface area contributed by atoms with Crippen molar-refractivity contribution in [3.8, 4) is 5.75 Å². The van der Waals surface area contributed by atoms with E-state index in [2.05, 4.69) is 56.0 Å². The predicted molar refractivity (Wildman–Crippen MR) is 143 cm³/mol. The second kappa shape index (κ2) is 8.34. The molecular weight excluding hydrogens is 462 g/mol. The molecule has 5 nitrogen and oxygen atoms in total. The van der Waals surface area contributed by atoms with Crippen molar-refractivity contribution in [2.24, 2.45) is 11.3 Å². The van der Waals surface area contributed by atoms with E-state index in [1.165, 1.54) is 5.56 Å². The first-order chi connectivity index (χ1) is 17.8. The van der Waals surface area contributed by atoms with Crippen molar-refractivity contribution in [3.05, 3.63) is 107 Å². The number of likely N-dealkylation sites (tertiary alicyclic amines) is 1. The number of fused-ring (bicyclic) bond motifs is 1. The Morgan fingerprint density at radius 1 is 1.05 bits per heavy atom. The third kappa shape index (κ3) is 3.09.